The lowest BCUT2D eigenvalue weighted by molar-refractivity contribution is 0.109. The maximum atomic E-state index is 5.56. The topological polar surface area (TPSA) is 82.3 Å². The van der Waals surface area contributed by atoms with Crippen molar-refractivity contribution in [2.24, 2.45) is 5.84 Å². The molecule has 0 bridgehead atoms. The Morgan fingerprint density at radius 1 is 1.29 bits per heavy atom. The van der Waals surface area contributed by atoms with Gasteiger partial charge in [0.25, 0.3) is 0 Å². The SMILES string of the molecule is COc1ccc(Cc2nc3c(c(NN)n2)COCC3)cc1. The van der Waals surface area contributed by atoms with E-state index in [1.165, 1.54) is 0 Å². The number of ether oxygens (including phenoxy) is 2. The highest BCUT2D eigenvalue weighted by Gasteiger charge is 2.17. The molecule has 110 valence electrons. The van der Waals surface area contributed by atoms with Crippen molar-refractivity contribution in [1.82, 2.24) is 9.97 Å². The standard InChI is InChI=1S/C15H18N4O2/c1-20-11-4-2-10(3-5-11)8-14-17-13-6-7-21-9-12(13)15(18-14)19-16/h2-5H,6-9,16H2,1H3,(H,17,18,19). The van der Waals surface area contributed by atoms with E-state index in [0.29, 0.717) is 25.5 Å². The van der Waals surface area contributed by atoms with Crippen LogP contribution in [0.15, 0.2) is 24.3 Å². The van der Waals surface area contributed by atoms with Gasteiger partial charge in [-0.3, -0.25) is 0 Å². The number of nitrogen functional groups attached to an aromatic ring is 1. The average Bonchev–Trinajstić information content (AvgIpc) is 2.55. The van der Waals surface area contributed by atoms with E-state index in [1.54, 1.807) is 7.11 Å². The van der Waals surface area contributed by atoms with Gasteiger partial charge >= 0.3 is 0 Å². The Morgan fingerprint density at radius 3 is 2.81 bits per heavy atom. The Kier molecular flexibility index (Phi) is 3.98. The molecule has 0 fully saturated rings. The van der Waals surface area contributed by atoms with Crippen molar-refractivity contribution in [1.29, 1.82) is 0 Å². The second-order valence-electron chi connectivity index (χ2n) is 4.89. The largest absolute Gasteiger partial charge is 0.497 e. The molecule has 21 heavy (non-hydrogen) atoms. The molecule has 1 aliphatic heterocycles. The first kappa shape index (κ1) is 13.8. The first-order valence-electron chi connectivity index (χ1n) is 6.86. The van der Waals surface area contributed by atoms with Gasteiger partial charge in [0, 0.05) is 18.4 Å². The maximum absolute atomic E-state index is 5.56. The van der Waals surface area contributed by atoms with Crippen LogP contribution in [0.1, 0.15) is 22.6 Å². The van der Waals surface area contributed by atoms with E-state index in [-0.39, 0.29) is 0 Å². The minimum atomic E-state index is 0.512. The summed E-state index contributed by atoms with van der Waals surface area (Å²) in [6, 6.07) is 7.90. The van der Waals surface area contributed by atoms with Gasteiger partial charge in [-0.15, -0.1) is 0 Å². The molecule has 6 nitrogen and oxygen atoms in total. The van der Waals surface area contributed by atoms with E-state index in [2.05, 4.69) is 15.4 Å². The number of hydrogen-bond acceptors (Lipinski definition) is 6. The number of nitrogens with two attached hydrogens (primary N) is 1. The minimum Gasteiger partial charge on any atom is -0.497 e. The maximum Gasteiger partial charge on any atom is 0.149 e. The molecule has 6 heteroatoms. The van der Waals surface area contributed by atoms with E-state index in [9.17, 15) is 0 Å². The summed E-state index contributed by atoms with van der Waals surface area (Å²) >= 11 is 0. The number of hydrazine groups is 1. The van der Waals surface area contributed by atoms with Crippen LogP contribution in [-0.4, -0.2) is 23.7 Å². The zero-order valence-electron chi connectivity index (χ0n) is 11.9. The summed E-state index contributed by atoms with van der Waals surface area (Å²) in [6.45, 7) is 1.20. The fraction of sp³-hybridized carbons (Fsp3) is 0.333. The van der Waals surface area contributed by atoms with Gasteiger partial charge in [0.15, 0.2) is 0 Å². The van der Waals surface area contributed by atoms with Crippen molar-refractivity contribution in [2.75, 3.05) is 19.1 Å². The highest BCUT2D eigenvalue weighted by molar-refractivity contribution is 5.46. The van der Waals surface area contributed by atoms with Gasteiger partial charge in [-0.1, -0.05) is 12.1 Å². The summed E-state index contributed by atoms with van der Waals surface area (Å²) in [5.41, 5.74) is 5.76. The van der Waals surface area contributed by atoms with Crippen LogP contribution in [-0.2, 0) is 24.2 Å². The number of hydrogen-bond donors (Lipinski definition) is 2. The average molecular weight is 286 g/mol. The van der Waals surface area contributed by atoms with E-state index in [0.717, 1.165) is 34.8 Å². The highest BCUT2D eigenvalue weighted by atomic mass is 16.5. The van der Waals surface area contributed by atoms with Crippen LogP contribution in [0.3, 0.4) is 0 Å². The number of anilines is 1. The fourth-order valence-corrected chi connectivity index (χ4v) is 2.41. The summed E-state index contributed by atoms with van der Waals surface area (Å²) in [7, 11) is 1.66. The third-order valence-electron chi connectivity index (χ3n) is 3.53. The quantitative estimate of drug-likeness (QED) is 0.653. The van der Waals surface area contributed by atoms with Crippen molar-refractivity contribution < 1.29 is 9.47 Å². The number of fused-ring (bicyclic) bond motifs is 1. The third kappa shape index (κ3) is 2.96. The molecule has 0 unspecified atom stereocenters. The second kappa shape index (κ2) is 6.07. The predicted octanol–water partition coefficient (Wildman–Crippen LogP) is 1.43. The molecule has 1 aliphatic rings. The number of benzene rings is 1. The van der Waals surface area contributed by atoms with Crippen molar-refractivity contribution in [2.45, 2.75) is 19.4 Å². The van der Waals surface area contributed by atoms with Gasteiger partial charge in [-0.25, -0.2) is 15.8 Å². The minimum absolute atomic E-state index is 0.512. The van der Waals surface area contributed by atoms with Crippen molar-refractivity contribution in [3.05, 3.63) is 46.9 Å². The van der Waals surface area contributed by atoms with Gasteiger partial charge in [0.2, 0.25) is 0 Å². The predicted molar refractivity (Wildman–Crippen MR) is 79.0 cm³/mol. The number of aromatic nitrogens is 2. The summed E-state index contributed by atoms with van der Waals surface area (Å²) < 4.78 is 10.6. The molecule has 0 aliphatic carbocycles. The van der Waals surface area contributed by atoms with Gasteiger partial charge in [-0.2, -0.15) is 0 Å². The first-order chi connectivity index (χ1) is 10.3. The lowest BCUT2D eigenvalue weighted by Crippen LogP contribution is -2.20. The van der Waals surface area contributed by atoms with Crippen LogP contribution < -0.4 is 16.0 Å². The molecule has 0 spiro atoms. The fourth-order valence-electron chi connectivity index (χ4n) is 2.41. The molecule has 0 saturated heterocycles. The Bertz CT molecular complexity index is 611. The van der Waals surface area contributed by atoms with E-state index in [1.807, 2.05) is 24.3 Å². The Hall–Kier alpha value is -2.18. The summed E-state index contributed by atoms with van der Waals surface area (Å²) in [5.74, 6) is 7.81. The smallest absolute Gasteiger partial charge is 0.149 e. The van der Waals surface area contributed by atoms with Crippen LogP contribution >= 0.6 is 0 Å². The normalized spacial score (nSPS) is 13.6. The molecule has 3 rings (SSSR count). The van der Waals surface area contributed by atoms with Gasteiger partial charge in [-0.05, 0) is 17.7 Å². The van der Waals surface area contributed by atoms with Crippen LogP contribution in [0.25, 0.3) is 0 Å². The molecule has 1 aromatic carbocycles. The zero-order valence-corrected chi connectivity index (χ0v) is 11.9. The van der Waals surface area contributed by atoms with Gasteiger partial charge in [0.05, 0.1) is 26.0 Å². The number of nitrogens with zero attached hydrogens (tertiary/aromatic N) is 2. The van der Waals surface area contributed by atoms with Crippen LogP contribution in [0.4, 0.5) is 5.82 Å². The van der Waals surface area contributed by atoms with Crippen molar-refractivity contribution >= 4 is 5.82 Å². The molecule has 2 heterocycles. The summed E-state index contributed by atoms with van der Waals surface area (Å²) in [5, 5.41) is 0. The number of nitrogens with one attached hydrogen (secondary N) is 1. The lowest BCUT2D eigenvalue weighted by Gasteiger charge is -2.19. The molecule has 0 atom stereocenters. The Balaban J connectivity index is 1.87. The number of methoxy groups -OCH3 is 1. The molecule has 0 amide bonds. The van der Waals surface area contributed by atoms with Gasteiger partial charge in [0.1, 0.15) is 17.4 Å². The highest BCUT2D eigenvalue weighted by Crippen LogP contribution is 2.22. The lowest BCUT2D eigenvalue weighted by atomic mass is 10.1. The molecule has 0 radical (unpaired) electrons. The monoisotopic (exact) mass is 286 g/mol. The Morgan fingerprint density at radius 2 is 2.10 bits per heavy atom. The van der Waals surface area contributed by atoms with Crippen LogP contribution in [0.2, 0.25) is 0 Å². The third-order valence-corrected chi connectivity index (χ3v) is 3.53. The van der Waals surface area contributed by atoms with Crippen molar-refractivity contribution in [3.63, 3.8) is 0 Å². The summed E-state index contributed by atoms with van der Waals surface area (Å²) in [6.07, 6.45) is 1.45. The molecule has 3 N–H and O–H groups in total. The zero-order chi connectivity index (χ0) is 14.7. The van der Waals surface area contributed by atoms with E-state index in [4.69, 9.17) is 15.3 Å². The first-order valence-corrected chi connectivity index (χ1v) is 6.86. The molecule has 0 saturated carbocycles. The number of rotatable bonds is 4. The second-order valence-corrected chi connectivity index (χ2v) is 4.89. The van der Waals surface area contributed by atoms with Crippen LogP contribution in [0, 0.1) is 0 Å². The van der Waals surface area contributed by atoms with E-state index < -0.39 is 0 Å². The summed E-state index contributed by atoms with van der Waals surface area (Å²) in [4.78, 5) is 9.13. The molecule has 1 aromatic heterocycles. The molecular weight excluding hydrogens is 268 g/mol. The van der Waals surface area contributed by atoms with E-state index >= 15 is 0 Å². The Labute approximate surface area is 123 Å². The van der Waals surface area contributed by atoms with Gasteiger partial charge < -0.3 is 14.9 Å². The molecular formula is C15H18N4O2. The molecule has 2 aromatic rings. The van der Waals surface area contributed by atoms with Crippen LogP contribution in [0.5, 0.6) is 5.75 Å². The van der Waals surface area contributed by atoms with Crippen molar-refractivity contribution in [3.8, 4) is 5.75 Å².